The first-order valence-electron chi connectivity index (χ1n) is 21.4. The van der Waals surface area contributed by atoms with E-state index in [0.29, 0.717) is 61.2 Å². The zero-order chi connectivity index (χ0) is 42.4. The van der Waals surface area contributed by atoms with Gasteiger partial charge in [-0.2, -0.15) is 4.98 Å². The summed E-state index contributed by atoms with van der Waals surface area (Å²) in [6, 6.07) is 30.5. The lowest BCUT2D eigenvalue weighted by atomic mass is 9.95. The number of benzene rings is 4. The van der Waals surface area contributed by atoms with E-state index in [-0.39, 0.29) is 23.8 Å². The van der Waals surface area contributed by atoms with Gasteiger partial charge in [0.05, 0.1) is 33.7 Å². The molecular formula is C47H47N7O7S. The van der Waals surface area contributed by atoms with Gasteiger partial charge in [-0.3, -0.25) is 14.9 Å². The molecule has 3 N–H and O–H groups in total. The Morgan fingerprint density at radius 2 is 1.65 bits per heavy atom. The number of nitrogens with zero attached hydrogens (tertiary/aromatic N) is 4. The highest BCUT2D eigenvalue weighted by Gasteiger charge is 2.34. The third kappa shape index (κ3) is 7.82. The summed E-state index contributed by atoms with van der Waals surface area (Å²) < 4.78 is 41.3. The second kappa shape index (κ2) is 16.4. The largest absolute Gasteiger partial charge is 0.474 e. The first-order chi connectivity index (χ1) is 30.2. The van der Waals surface area contributed by atoms with E-state index < -0.39 is 31.4 Å². The summed E-state index contributed by atoms with van der Waals surface area (Å²) in [5.41, 5.74) is 7.43. The van der Waals surface area contributed by atoms with Crippen LogP contribution >= 0.6 is 0 Å². The normalized spacial score (nSPS) is 18.0. The standard InChI is InChI=1S/C47H47N7O7S/c55-46(51-62(58,59)36-14-16-40(43(28-36)54(56)57)49-29-30-18-23-60-24-19-30)39-15-11-33(26-42(39)53-22-25-61-47-44(53)27-34-17-20-48-45(34)50-47)31-9-12-35(13-10-31)52-21-3-6-41(52)38-5-2-1-4-37(38)32-7-8-32/h1-2,4-5,9-17,20,26-28,30,32,41,49H,3,6-8,18-19,21-25,29H2,(H,48,50)(H,51,55). The van der Waals surface area contributed by atoms with Crippen molar-refractivity contribution in [2.24, 2.45) is 5.92 Å². The molecule has 2 saturated heterocycles. The van der Waals surface area contributed by atoms with Crippen molar-refractivity contribution in [3.8, 4) is 17.0 Å². The Morgan fingerprint density at radius 3 is 2.44 bits per heavy atom. The Hall–Kier alpha value is -6.45. The lowest BCUT2D eigenvalue weighted by molar-refractivity contribution is -0.384. The molecule has 1 amide bonds. The molecule has 4 aromatic carbocycles. The number of fused-ring (bicyclic) bond motifs is 2. The number of rotatable bonds is 12. The van der Waals surface area contributed by atoms with Crippen LogP contribution in [0, 0.1) is 16.0 Å². The summed E-state index contributed by atoms with van der Waals surface area (Å²) in [6.07, 6.45) is 8.18. The van der Waals surface area contributed by atoms with E-state index in [1.165, 1.54) is 36.1 Å². The van der Waals surface area contributed by atoms with Crippen LogP contribution in [-0.2, 0) is 14.8 Å². The van der Waals surface area contributed by atoms with Crippen molar-refractivity contribution in [1.82, 2.24) is 14.7 Å². The molecular weight excluding hydrogens is 807 g/mol. The van der Waals surface area contributed by atoms with E-state index in [1.54, 1.807) is 12.3 Å². The maximum atomic E-state index is 14.3. The fourth-order valence-electron chi connectivity index (χ4n) is 9.23. The molecule has 1 saturated carbocycles. The molecule has 2 aromatic heterocycles. The van der Waals surface area contributed by atoms with Gasteiger partial charge in [0, 0.05) is 49.6 Å². The maximum Gasteiger partial charge on any atom is 0.293 e. The summed E-state index contributed by atoms with van der Waals surface area (Å²) in [5, 5.41) is 16.1. The lowest BCUT2D eigenvalue weighted by Crippen LogP contribution is -2.34. The number of H-pyrrole nitrogens is 1. The molecule has 4 aliphatic rings. The topological polar surface area (TPSA) is 172 Å². The number of sulfonamides is 1. The third-order valence-corrected chi connectivity index (χ3v) is 14.0. The van der Waals surface area contributed by atoms with E-state index >= 15 is 0 Å². The van der Waals surface area contributed by atoms with E-state index in [9.17, 15) is 23.3 Å². The molecule has 0 bridgehead atoms. The van der Waals surface area contributed by atoms with Crippen molar-refractivity contribution in [2.45, 2.75) is 55.4 Å². The average Bonchev–Trinajstić information content (AvgIpc) is 3.84. The van der Waals surface area contributed by atoms with Gasteiger partial charge >= 0.3 is 0 Å². The fourth-order valence-corrected chi connectivity index (χ4v) is 10.2. The van der Waals surface area contributed by atoms with Gasteiger partial charge in [0.1, 0.15) is 23.6 Å². The molecule has 6 aromatic rings. The molecule has 14 nitrogen and oxygen atoms in total. The molecule has 15 heteroatoms. The Bertz CT molecular complexity index is 2780. The van der Waals surface area contributed by atoms with Crippen LogP contribution in [0.4, 0.5) is 28.4 Å². The number of nitro benzene ring substituents is 1. The number of anilines is 4. The number of carbonyl (C=O) groups is 1. The van der Waals surface area contributed by atoms with Crippen LogP contribution in [0.3, 0.4) is 0 Å². The number of pyridine rings is 1. The smallest absolute Gasteiger partial charge is 0.293 e. The Balaban J connectivity index is 0.961. The summed E-state index contributed by atoms with van der Waals surface area (Å²) in [5.74, 6) is 0.432. The highest BCUT2D eigenvalue weighted by Crippen LogP contribution is 2.47. The SMILES string of the molecule is O=C(NS(=O)(=O)c1ccc(NCC2CCOCC2)c([N+](=O)[O-])c1)c1ccc(-c2ccc(N3CCCC3c3ccccc3C3CC3)cc2)cc1N1CCOc2nc3[nH]ccc3cc21. The number of carbonyl (C=O) groups excluding carboxylic acids is 1. The predicted octanol–water partition coefficient (Wildman–Crippen LogP) is 8.84. The van der Waals surface area contributed by atoms with Crippen molar-refractivity contribution in [1.29, 1.82) is 0 Å². The van der Waals surface area contributed by atoms with Crippen LogP contribution in [0.1, 0.15) is 72.0 Å². The average molecular weight is 854 g/mol. The van der Waals surface area contributed by atoms with Crippen LogP contribution in [0.15, 0.2) is 108 Å². The van der Waals surface area contributed by atoms with Gasteiger partial charge in [0.15, 0.2) is 0 Å². The van der Waals surface area contributed by atoms with Crippen molar-refractivity contribution in [2.75, 3.05) is 54.6 Å². The first kappa shape index (κ1) is 39.7. The third-order valence-electron chi connectivity index (χ3n) is 12.6. The molecule has 5 heterocycles. The molecule has 318 valence electrons. The molecule has 3 aliphatic heterocycles. The van der Waals surface area contributed by atoms with Crippen LogP contribution in [-0.4, -0.2) is 68.7 Å². The van der Waals surface area contributed by atoms with Crippen LogP contribution < -0.4 is 24.6 Å². The molecule has 1 aliphatic carbocycles. The van der Waals surface area contributed by atoms with E-state index in [0.717, 1.165) is 60.5 Å². The van der Waals surface area contributed by atoms with Crippen LogP contribution in [0.2, 0.25) is 0 Å². The number of aromatic amines is 1. The number of amides is 1. The second-order valence-corrected chi connectivity index (χ2v) is 18.3. The second-order valence-electron chi connectivity index (χ2n) is 16.6. The van der Waals surface area contributed by atoms with Gasteiger partial charge in [0.2, 0.25) is 5.88 Å². The summed E-state index contributed by atoms with van der Waals surface area (Å²) >= 11 is 0. The number of nitro groups is 1. The molecule has 1 unspecified atom stereocenters. The van der Waals surface area contributed by atoms with E-state index in [4.69, 9.17) is 9.47 Å². The van der Waals surface area contributed by atoms with Crippen molar-refractivity contribution in [3.05, 3.63) is 130 Å². The van der Waals surface area contributed by atoms with Crippen LogP contribution in [0.5, 0.6) is 5.88 Å². The van der Waals surface area contributed by atoms with Crippen molar-refractivity contribution >= 4 is 55.4 Å². The Labute approximate surface area is 359 Å². The maximum absolute atomic E-state index is 14.3. The summed E-state index contributed by atoms with van der Waals surface area (Å²) in [7, 11) is -4.56. The zero-order valence-corrected chi connectivity index (χ0v) is 34.9. The number of hydrogen-bond donors (Lipinski definition) is 3. The molecule has 0 radical (unpaired) electrons. The van der Waals surface area contributed by atoms with Gasteiger partial charge in [-0.1, -0.05) is 42.5 Å². The Kier molecular flexibility index (Phi) is 10.5. The first-order valence-corrected chi connectivity index (χ1v) is 22.8. The van der Waals surface area contributed by atoms with Gasteiger partial charge < -0.3 is 29.6 Å². The highest BCUT2D eigenvalue weighted by molar-refractivity contribution is 7.90. The number of aromatic nitrogens is 2. The minimum Gasteiger partial charge on any atom is -0.474 e. The van der Waals surface area contributed by atoms with Crippen molar-refractivity contribution in [3.63, 3.8) is 0 Å². The number of hydrogen-bond acceptors (Lipinski definition) is 11. The van der Waals surface area contributed by atoms with Gasteiger partial charge in [-0.05, 0) is 121 Å². The fraction of sp³-hybridized carbons (Fsp3) is 0.319. The van der Waals surface area contributed by atoms with Gasteiger partial charge in [-0.25, -0.2) is 13.1 Å². The minimum atomic E-state index is -4.56. The minimum absolute atomic E-state index is 0.0921. The highest BCUT2D eigenvalue weighted by atomic mass is 32.2. The predicted molar refractivity (Wildman–Crippen MR) is 238 cm³/mol. The summed E-state index contributed by atoms with van der Waals surface area (Å²) in [6.45, 7) is 3.34. The van der Waals surface area contributed by atoms with E-state index in [2.05, 4.69) is 73.4 Å². The van der Waals surface area contributed by atoms with Gasteiger partial charge in [0.25, 0.3) is 21.6 Å². The lowest BCUT2D eigenvalue weighted by Gasteiger charge is -2.32. The molecule has 10 rings (SSSR count). The molecule has 1 atom stereocenters. The Morgan fingerprint density at radius 1 is 0.855 bits per heavy atom. The zero-order valence-electron chi connectivity index (χ0n) is 34.1. The number of nitrogens with one attached hydrogen (secondary N) is 3. The molecule has 0 spiro atoms. The summed E-state index contributed by atoms with van der Waals surface area (Å²) in [4.78, 5) is 37.6. The molecule has 3 fully saturated rings. The monoisotopic (exact) mass is 853 g/mol. The van der Waals surface area contributed by atoms with Crippen molar-refractivity contribution < 1.29 is 27.6 Å². The number of ether oxygens (including phenoxy) is 2. The molecule has 62 heavy (non-hydrogen) atoms. The van der Waals surface area contributed by atoms with E-state index in [1.807, 2.05) is 29.2 Å². The van der Waals surface area contributed by atoms with Crippen LogP contribution in [0.25, 0.3) is 22.2 Å². The quantitative estimate of drug-likeness (QED) is 0.0793. The van der Waals surface area contributed by atoms with Gasteiger partial charge in [-0.15, -0.1) is 0 Å².